The lowest BCUT2D eigenvalue weighted by Crippen LogP contribution is -2.39. The Balaban J connectivity index is 5.25. The summed E-state index contributed by atoms with van der Waals surface area (Å²) in [6.45, 7) is 23.0. The van der Waals surface area contributed by atoms with Gasteiger partial charge in [0.25, 0.3) is 0 Å². The van der Waals surface area contributed by atoms with Crippen LogP contribution in [-0.2, 0) is 38.0 Å². The maximum absolute atomic E-state index is 13.1. The molecule has 0 aliphatic carbocycles. The van der Waals surface area contributed by atoms with Gasteiger partial charge in [0.1, 0.15) is 25.4 Å². The van der Waals surface area contributed by atoms with Crippen molar-refractivity contribution in [2.75, 3.05) is 65.7 Å². The molecule has 0 saturated heterocycles. The molecule has 0 saturated carbocycles. The molecular weight excluding hydrogens is 873 g/mol. The molecule has 12 nitrogen and oxygen atoms in total. The van der Waals surface area contributed by atoms with Gasteiger partial charge in [0.05, 0.1) is 13.2 Å². The fourth-order valence-corrected chi connectivity index (χ4v) is 8.81. The fraction of sp³-hybridized carbons (Fsp3) is 0.930. The Kier molecular flexibility index (Phi) is 47.2. The SMILES string of the molecule is CCCCCCC(CCCC(=O)OCC(CCCC)CCCCC)OC(=O)OCCN(CCOC(=O)OC(CCCCCC)CCCC(=O)OCC(CCCCC)CCCCC)CCN(CC)CC. The molecule has 0 fully saturated rings. The zero-order chi connectivity index (χ0) is 51.0. The van der Waals surface area contributed by atoms with Crippen molar-refractivity contribution in [3.8, 4) is 0 Å². The second-order valence-corrected chi connectivity index (χ2v) is 19.8. The molecule has 0 aliphatic heterocycles. The molecule has 3 unspecified atom stereocenters. The van der Waals surface area contributed by atoms with Crippen molar-refractivity contribution in [3.05, 3.63) is 0 Å². The lowest BCUT2D eigenvalue weighted by atomic mass is 9.96. The first kappa shape index (κ1) is 66.4. The van der Waals surface area contributed by atoms with E-state index in [-0.39, 0.29) is 37.4 Å². The number of carbonyl (C=O) groups is 4. The molecule has 0 aliphatic rings. The largest absolute Gasteiger partial charge is 0.508 e. The molecule has 0 amide bonds. The van der Waals surface area contributed by atoms with Crippen LogP contribution < -0.4 is 0 Å². The van der Waals surface area contributed by atoms with Gasteiger partial charge in [0.15, 0.2) is 0 Å². The van der Waals surface area contributed by atoms with Crippen LogP contribution in [-0.4, -0.2) is 112 Å². The van der Waals surface area contributed by atoms with Gasteiger partial charge in [-0.3, -0.25) is 14.5 Å². The molecule has 0 radical (unpaired) electrons. The summed E-state index contributed by atoms with van der Waals surface area (Å²) < 4.78 is 34.5. The molecule has 408 valence electrons. The number of hydrogen-bond acceptors (Lipinski definition) is 12. The first-order valence-corrected chi connectivity index (χ1v) is 29.0. The van der Waals surface area contributed by atoms with Crippen molar-refractivity contribution < 1.29 is 47.6 Å². The number of rotatable bonds is 50. The van der Waals surface area contributed by atoms with Crippen molar-refractivity contribution in [2.45, 2.75) is 267 Å². The van der Waals surface area contributed by atoms with E-state index in [0.717, 1.165) is 122 Å². The Bertz CT molecular complexity index is 1180. The standard InChI is InChI=1S/C57H110N2O10/c1-9-17-23-28-36-52(38-30-40-54(60)66-48-50(32-22-14-6)33-25-19-11-3)68-56(62)64-46-44-59(43-42-58(15-7)16-8)45-47-65-57(63)69-53(37-29-24-18-10-2)39-31-41-55(61)67-49-51(34-26-20-12-4)35-27-21-13-5/h50-53H,9-49H2,1-8H3. The highest BCUT2D eigenvalue weighted by Gasteiger charge is 2.21. The van der Waals surface area contributed by atoms with E-state index < -0.39 is 12.3 Å². The Hall–Kier alpha value is -2.60. The molecule has 0 rings (SSSR count). The van der Waals surface area contributed by atoms with Gasteiger partial charge in [0.2, 0.25) is 0 Å². The Morgan fingerprint density at radius 2 is 0.681 bits per heavy atom. The number of carbonyl (C=O) groups excluding carboxylic acids is 4. The lowest BCUT2D eigenvalue weighted by Gasteiger charge is -2.26. The molecule has 0 heterocycles. The van der Waals surface area contributed by atoms with Crippen molar-refractivity contribution in [1.82, 2.24) is 9.80 Å². The maximum atomic E-state index is 13.1. The van der Waals surface area contributed by atoms with Crippen LogP contribution in [0.5, 0.6) is 0 Å². The minimum absolute atomic E-state index is 0.133. The van der Waals surface area contributed by atoms with Crippen molar-refractivity contribution in [2.24, 2.45) is 11.8 Å². The van der Waals surface area contributed by atoms with Gasteiger partial charge < -0.3 is 33.3 Å². The monoisotopic (exact) mass is 983 g/mol. The van der Waals surface area contributed by atoms with Gasteiger partial charge in [-0.2, -0.15) is 0 Å². The average molecular weight is 984 g/mol. The van der Waals surface area contributed by atoms with Crippen LogP contribution >= 0.6 is 0 Å². The summed E-state index contributed by atoms with van der Waals surface area (Å²) in [5, 5.41) is 0. The maximum Gasteiger partial charge on any atom is 0.508 e. The summed E-state index contributed by atoms with van der Waals surface area (Å²) in [6, 6.07) is 0. The molecule has 0 aromatic carbocycles. The van der Waals surface area contributed by atoms with Crippen LogP contribution in [0, 0.1) is 11.8 Å². The number of ether oxygens (including phenoxy) is 6. The lowest BCUT2D eigenvalue weighted by molar-refractivity contribution is -0.146. The van der Waals surface area contributed by atoms with Gasteiger partial charge in [0, 0.05) is 39.0 Å². The summed E-state index contributed by atoms with van der Waals surface area (Å²) in [7, 11) is 0. The third kappa shape index (κ3) is 41.7. The number of nitrogens with zero attached hydrogens (tertiary/aromatic N) is 2. The van der Waals surface area contributed by atoms with Crippen LogP contribution in [0.4, 0.5) is 9.59 Å². The molecule has 69 heavy (non-hydrogen) atoms. The quantitative estimate of drug-likeness (QED) is 0.0327. The Labute approximate surface area is 424 Å². The van der Waals surface area contributed by atoms with Gasteiger partial charge in [-0.15, -0.1) is 0 Å². The van der Waals surface area contributed by atoms with E-state index in [1.54, 1.807) is 0 Å². The second kappa shape index (κ2) is 49.0. The van der Waals surface area contributed by atoms with Crippen LogP contribution in [0.2, 0.25) is 0 Å². The smallest absolute Gasteiger partial charge is 0.465 e. The van der Waals surface area contributed by atoms with Crippen molar-refractivity contribution in [3.63, 3.8) is 0 Å². The normalized spacial score (nSPS) is 12.9. The molecule has 12 heteroatoms. The Morgan fingerprint density at radius 3 is 1.06 bits per heavy atom. The zero-order valence-corrected chi connectivity index (χ0v) is 46.3. The van der Waals surface area contributed by atoms with Crippen LogP contribution in [0.3, 0.4) is 0 Å². The highest BCUT2D eigenvalue weighted by atomic mass is 16.7. The van der Waals surface area contributed by atoms with Crippen molar-refractivity contribution >= 4 is 24.2 Å². The van der Waals surface area contributed by atoms with E-state index in [1.165, 1.54) is 57.8 Å². The van der Waals surface area contributed by atoms with Crippen LogP contribution in [0.1, 0.15) is 254 Å². The van der Waals surface area contributed by atoms with Crippen LogP contribution in [0.15, 0.2) is 0 Å². The minimum Gasteiger partial charge on any atom is -0.465 e. The molecular formula is C57H110N2O10. The number of unbranched alkanes of at least 4 members (excludes halogenated alkanes) is 13. The molecule has 0 N–H and O–H groups in total. The first-order chi connectivity index (χ1) is 33.6. The average Bonchev–Trinajstić information content (AvgIpc) is 3.33. The topological polar surface area (TPSA) is 130 Å². The summed E-state index contributed by atoms with van der Waals surface area (Å²) in [6.07, 6.45) is 28.4. The summed E-state index contributed by atoms with van der Waals surface area (Å²) >= 11 is 0. The van der Waals surface area contributed by atoms with E-state index in [0.29, 0.717) is 83.2 Å². The third-order valence-corrected chi connectivity index (χ3v) is 13.6. The molecule has 3 atom stereocenters. The van der Waals surface area contributed by atoms with Crippen LogP contribution in [0.25, 0.3) is 0 Å². The summed E-state index contributed by atoms with van der Waals surface area (Å²) in [5.41, 5.74) is 0. The molecule has 0 spiro atoms. The first-order valence-electron chi connectivity index (χ1n) is 29.0. The number of likely N-dealkylation sites (N-methyl/N-ethyl adjacent to an activating group) is 1. The minimum atomic E-state index is -0.695. The highest BCUT2D eigenvalue weighted by molar-refractivity contribution is 5.69. The van der Waals surface area contributed by atoms with E-state index in [2.05, 4.69) is 65.2 Å². The third-order valence-electron chi connectivity index (χ3n) is 13.6. The molecule has 0 aromatic rings. The van der Waals surface area contributed by atoms with Gasteiger partial charge in [-0.25, -0.2) is 9.59 Å². The van der Waals surface area contributed by atoms with E-state index in [1.807, 2.05) is 0 Å². The predicted octanol–water partition coefficient (Wildman–Crippen LogP) is 15.2. The predicted molar refractivity (Wildman–Crippen MR) is 283 cm³/mol. The highest BCUT2D eigenvalue weighted by Crippen LogP contribution is 2.22. The van der Waals surface area contributed by atoms with Gasteiger partial charge in [-0.1, -0.05) is 165 Å². The van der Waals surface area contributed by atoms with E-state index >= 15 is 0 Å². The second-order valence-electron chi connectivity index (χ2n) is 19.8. The Morgan fingerprint density at radius 1 is 0.348 bits per heavy atom. The number of esters is 2. The summed E-state index contributed by atoms with van der Waals surface area (Å²) in [5.74, 6) is 0.507. The van der Waals surface area contributed by atoms with E-state index in [4.69, 9.17) is 28.4 Å². The zero-order valence-electron chi connectivity index (χ0n) is 46.3. The van der Waals surface area contributed by atoms with E-state index in [9.17, 15) is 19.2 Å². The fourth-order valence-electron chi connectivity index (χ4n) is 8.81. The number of hydrogen-bond donors (Lipinski definition) is 0. The summed E-state index contributed by atoms with van der Waals surface area (Å²) in [4.78, 5) is 56.1. The molecule has 0 aromatic heterocycles. The van der Waals surface area contributed by atoms with Gasteiger partial charge in [-0.05, 0) is 102 Å². The van der Waals surface area contributed by atoms with Crippen molar-refractivity contribution in [1.29, 1.82) is 0 Å². The van der Waals surface area contributed by atoms with Gasteiger partial charge >= 0.3 is 24.2 Å². The molecule has 0 bridgehead atoms.